The van der Waals surface area contributed by atoms with E-state index in [4.69, 9.17) is 9.47 Å². The summed E-state index contributed by atoms with van der Waals surface area (Å²) < 4.78 is 10.3. The van der Waals surface area contributed by atoms with Crippen molar-refractivity contribution in [2.45, 2.75) is 33.0 Å². The third-order valence-corrected chi connectivity index (χ3v) is 2.27. The van der Waals surface area contributed by atoms with Crippen LogP contribution in [-0.2, 0) is 9.53 Å². The molecule has 1 N–H and O–H groups in total. The van der Waals surface area contributed by atoms with Crippen LogP contribution in [0.5, 0.6) is 5.75 Å². The Morgan fingerprint density at radius 2 is 2.12 bits per heavy atom. The van der Waals surface area contributed by atoms with E-state index < -0.39 is 18.2 Å². The largest absolute Gasteiger partial charge is 0.479 e. The molecule has 0 radical (unpaired) electrons. The monoisotopic (exact) mass is 238 g/mol. The van der Waals surface area contributed by atoms with Crippen molar-refractivity contribution < 1.29 is 19.4 Å². The van der Waals surface area contributed by atoms with Gasteiger partial charge in [-0.25, -0.2) is 4.79 Å². The molecule has 0 heterocycles. The average molecular weight is 238 g/mol. The van der Waals surface area contributed by atoms with E-state index in [9.17, 15) is 9.90 Å². The number of benzene rings is 1. The molecule has 1 aromatic rings. The summed E-state index contributed by atoms with van der Waals surface area (Å²) in [5.41, 5.74) is 0.749. The van der Waals surface area contributed by atoms with E-state index in [0.29, 0.717) is 12.4 Å². The highest BCUT2D eigenvalue weighted by Gasteiger charge is 2.15. The molecule has 2 atom stereocenters. The fourth-order valence-electron chi connectivity index (χ4n) is 1.36. The van der Waals surface area contributed by atoms with Crippen LogP contribution in [0.2, 0.25) is 0 Å². The SMILES string of the molecule is CCOC(=O)C(C)Oc1cccc(C(C)O)c1. The van der Waals surface area contributed by atoms with E-state index in [1.807, 2.05) is 0 Å². The van der Waals surface area contributed by atoms with Crippen LogP contribution in [0.4, 0.5) is 0 Å². The maximum atomic E-state index is 11.4. The Balaban J connectivity index is 2.68. The van der Waals surface area contributed by atoms with Crippen molar-refractivity contribution in [2.75, 3.05) is 6.61 Å². The zero-order valence-corrected chi connectivity index (χ0v) is 10.3. The number of aliphatic hydroxyl groups excluding tert-OH is 1. The maximum absolute atomic E-state index is 11.4. The zero-order valence-electron chi connectivity index (χ0n) is 10.3. The molecule has 4 heteroatoms. The minimum absolute atomic E-state index is 0.334. The van der Waals surface area contributed by atoms with Crippen molar-refractivity contribution in [3.63, 3.8) is 0 Å². The van der Waals surface area contributed by atoms with Crippen LogP contribution in [0.1, 0.15) is 32.4 Å². The van der Waals surface area contributed by atoms with E-state index in [1.165, 1.54) is 0 Å². The second kappa shape index (κ2) is 6.25. The Hall–Kier alpha value is -1.55. The highest BCUT2D eigenvalue weighted by Crippen LogP contribution is 2.19. The van der Waals surface area contributed by atoms with Crippen molar-refractivity contribution in [3.8, 4) is 5.75 Å². The molecule has 0 saturated carbocycles. The molecule has 0 aromatic heterocycles. The molecule has 17 heavy (non-hydrogen) atoms. The summed E-state index contributed by atoms with van der Waals surface area (Å²) in [5, 5.41) is 9.43. The van der Waals surface area contributed by atoms with E-state index in [0.717, 1.165) is 5.56 Å². The minimum atomic E-state index is -0.654. The number of hydrogen-bond donors (Lipinski definition) is 1. The van der Waals surface area contributed by atoms with Crippen LogP contribution in [0.3, 0.4) is 0 Å². The normalized spacial score (nSPS) is 13.9. The minimum Gasteiger partial charge on any atom is -0.479 e. The van der Waals surface area contributed by atoms with Gasteiger partial charge in [0, 0.05) is 0 Å². The molecule has 0 aliphatic carbocycles. The first kappa shape index (κ1) is 13.5. The van der Waals surface area contributed by atoms with Gasteiger partial charge in [-0.15, -0.1) is 0 Å². The van der Waals surface area contributed by atoms with Crippen molar-refractivity contribution in [1.29, 1.82) is 0 Å². The van der Waals surface area contributed by atoms with E-state index in [-0.39, 0.29) is 0 Å². The van der Waals surface area contributed by atoms with Crippen LogP contribution < -0.4 is 4.74 Å². The van der Waals surface area contributed by atoms with Gasteiger partial charge < -0.3 is 14.6 Å². The molecule has 4 nitrogen and oxygen atoms in total. The molecule has 0 saturated heterocycles. The summed E-state index contributed by atoms with van der Waals surface area (Å²) in [6.45, 7) is 5.39. The molecule has 0 aliphatic heterocycles. The standard InChI is InChI=1S/C13H18O4/c1-4-16-13(15)10(3)17-12-7-5-6-11(8-12)9(2)14/h5-10,14H,4H2,1-3H3. The fourth-order valence-corrected chi connectivity index (χ4v) is 1.36. The summed E-state index contributed by atoms with van der Waals surface area (Å²) in [4.78, 5) is 11.4. The van der Waals surface area contributed by atoms with Gasteiger partial charge in [-0.1, -0.05) is 12.1 Å². The van der Waals surface area contributed by atoms with Crippen molar-refractivity contribution in [3.05, 3.63) is 29.8 Å². The van der Waals surface area contributed by atoms with Gasteiger partial charge in [0.05, 0.1) is 12.7 Å². The topological polar surface area (TPSA) is 55.8 Å². The average Bonchev–Trinajstić information content (AvgIpc) is 2.29. The Bertz CT molecular complexity index is 373. The predicted octanol–water partition coefficient (Wildman–Crippen LogP) is 2.07. The Labute approximate surface area is 101 Å². The third-order valence-electron chi connectivity index (χ3n) is 2.27. The van der Waals surface area contributed by atoms with Gasteiger partial charge in [0.15, 0.2) is 6.10 Å². The van der Waals surface area contributed by atoms with Gasteiger partial charge in [-0.05, 0) is 38.5 Å². The Kier molecular flexibility index (Phi) is 4.97. The Morgan fingerprint density at radius 1 is 1.41 bits per heavy atom. The molecule has 1 rings (SSSR count). The number of carbonyl (C=O) groups excluding carboxylic acids is 1. The zero-order chi connectivity index (χ0) is 12.8. The lowest BCUT2D eigenvalue weighted by Crippen LogP contribution is -2.26. The van der Waals surface area contributed by atoms with Gasteiger partial charge in [0.25, 0.3) is 0 Å². The van der Waals surface area contributed by atoms with Crippen LogP contribution in [0.15, 0.2) is 24.3 Å². The number of rotatable bonds is 5. The summed E-state index contributed by atoms with van der Waals surface area (Å²) >= 11 is 0. The highest BCUT2D eigenvalue weighted by molar-refractivity contribution is 5.74. The molecule has 0 aliphatic rings. The maximum Gasteiger partial charge on any atom is 0.347 e. The molecule has 2 unspecified atom stereocenters. The van der Waals surface area contributed by atoms with Crippen molar-refractivity contribution in [2.24, 2.45) is 0 Å². The van der Waals surface area contributed by atoms with Gasteiger partial charge in [-0.3, -0.25) is 0 Å². The summed E-state index contributed by atoms with van der Waals surface area (Å²) in [6, 6.07) is 7.02. The molecular weight excluding hydrogens is 220 g/mol. The Morgan fingerprint density at radius 3 is 2.71 bits per heavy atom. The smallest absolute Gasteiger partial charge is 0.347 e. The van der Waals surface area contributed by atoms with Crippen LogP contribution in [-0.4, -0.2) is 23.8 Å². The van der Waals surface area contributed by atoms with Crippen LogP contribution >= 0.6 is 0 Å². The molecule has 0 fully saturated rings. The molecule has 94 valence electrons. The molecule has 0 bridgehead atoms. The first-order valence-corrected chi connectivity index (χ1v) is 5.66. The van der Waals surface area contributed by atoms with Gasteiger partial charge >= 0.3 is 5.97 Å². The van der Waals surface area contributed by atoms with Crippen LogP contribution in [0, 0.1) is 0 Å². The highest BCUT2D eigenvalue weighted by atomic mass is 16.6. The predicted molar refractivity (Wildman–Crippen MR) is 63.8 cm³/mol. The number of aliphatic hydroxyl groups is 1. The second-order valence-electron chi connectivity index (χ2n) is 3.76. The van der Waals surface area contributed by atoms with Gasteiger partial charge in [-0.2, -0.15) is 0 Å². The van der Waals surface area contributed by atoms with E-state index in [1.54, 1.807) is 45.0 Å². The second-order valence-corrected chi connectivity index (χ2v) is 3.76. The molecule has 0 spiro atoms. The number of ether oxygens (including phenoxy) is 2. The first-order valence-electron chi connectivity index (χ1n) is 5.66. The molecule has 1 aromatic carbocycles. The lowest BCUT2D eigenvalue weighted by molar-refractivity contribution is -0.150. The quantitative estimate of drug-likeness (QED) is 0.798. The molecule has 0 amide bonds. The summed E-state index contributed by atoms with van der Waals surface area (Å²) in [5.74, 6) is 0.152. The summed E-state index contributed by atoms with van der Waals surface area (Å²) in [6.07, 6.45) is -1.21. The number of hydrogen-bond acceptors (Lipinski definition) is 4. The fraction of sp³-hybridized carbons (Fsp3) is 0.462. The third kappa shape index (κ3) is 4.07. The lowest BCUT2D eigenvalue weighted by atomic mass is 10.1. The molecular formula is C13H18O4. The number of carbonyl (C=O) groups is 1. The van der Waals surface area contributed by atoms with E-state index in [2.05, 4.69) is 0 Å². The van der Waals surface area contributed by atoms with Gasteiger partial charge in [0.2, 0.25) is 0 Å². The number of esters is 1. The summed E-state index contributed by atoms with van der Waals surface area (Å²) in [7, 11) is 0. The van der Waals surface area contributed by atoms with E-state index >= 15 is 0 Å². The van der Waals surface area contributed by atoms with Crippen molar-refractivity contribution in [1.82, 2.24) is 0 Å². The van der Waals surface area contributed by atoms with Gasteiger partial charge in [0.1, 0.15) is 5.75 Å². The first-order chi connectivity index (χ1) is 8.04. The van der Waals surface area contributed by atoms with Crippen LogP contribution in [0.25, 0.3) is 0 Å². The van der Waals surface area contributed by atoms with Crippen molar-refractivity contribution >= 4 is 5.97 Å². The lowest BCUT2D eigenvalue weighted by Gasteiger charge is -2.14.